The number of rotatable bonds is 5. The van der Waals surface area contributed by atoms with E-state index in [1.165, 1.54) is 7.11 Å². The molecule has 0 aliphatic carbocycles. The number of carbonyl (C=O) groups excluding carboxylic acids is 2. The predicted octanol–water partition coefficient (Wildman–Crippen LogP) is 3.20. The highest BCUT2D eigenvalue weighted by molar-refractivity contribution is 6.04. The second-order valence-corrected chi connectivity index (χ2v) is 7.61. The topological polar surface area (TPSA) is 125 Å². The summed E-state index contributed by atoms with van der Waals surface area (Å²) in [4.78, 5) is 45.3. The third kappa shape index (κ3) is 4.18. The highest BCUT2D eigenvalue weighted by atomic mass is 16.5. The van der Waals surface area contributed by atoms with Crippen LogP contribution in [0.25, 0.3) is 0 Å². The number of benzene rings is 2. The van der Waals surface area contributed by atoms with Crippen LogP contribution in [-0.4, -0.2) is 28.9 Å². The lowest BCUT2D eigenvalue weighted by molar-refractivity contribution is -0.123. The Labute approximate surface area is 184 Å². The highest BCUT2D eigenvalue weighted by Crippen LogP contribution is 2.31. The quantitative estimate of drug-likeness (QED) is 0.490. The fraction of sp³-hybridized carbons (Fsp3) is 0.217. The van der Waals surface area contributed by atoms with E-state index in [-0.39, 0.29) is 29.7 Å². The Morgan fingerprint density at radius 1 is 1.12 bits per heavy atom. The van der Waals surface area contributed by atoms with Crippen LogP contribution in [0.5, 0.6) is 5.75 Å². The van der Waals surface area contributed by atoms with Crippen LogP contribution in [0.15, 0.2) is 47.3 Å². The maximum absolute atomic E-state index is 13.0. The van der Waals surface area contributed by atoms with Crippen LogP contribution in [0.3, 0.4) is 0 Å². The molecule has 0 radical (unpaired) electrons. The van der Waals surface area contributed by atoms with Crippen molar-refractivity contribution < 1.29 is 14.3 Å². The number of nitrogens with one attached hydrogen (secondary N) is 4. The molecule has 9 heteroatoms. The fourth-order valence-corrected chi connectivity index (χ4v) is 3.62. The van der Waals surface area contributed by atoms with Gasteiger partial charge in [0.15, 0.2) is 0 Å². The molecule has 0 spiro atoms. The van der Waals surface area contributed by atoms with Crippen LogP contribution < -0.4 is 26.2 Å². The highest BCUT2D eigenvalue weighted by Gasteiger charge is 2.35. The Hall–Kier alpha value is -4.14. The van der Waals surface area contributed by atoms with Gasteiger partial charge in [0, 0.05) is 12.1 Å². The molecule has 3 aromatic rings. The maximum Gasteiger partial charge on any atom is 0.258 e. The summed E-state index contributed by atoms with van der Waals surface area (Å²) in [5, 5.41) is 8.43. The Bertz CT molecular complexity index is 1270. The van der Waals surface area contributed by atoms with Gasteiger partial charge in [-0.1, -0.05) is 24.3 Å². The maximum atomic E-state index is 13.0. The summed E-state index contributed by atoms with van der Waals surface area (Å²) in [6, 6.07) is 12.8. The van der Waals surface area contributed by atoms with Crippen molar-refractivity contribution in [1.82, 2.24) is 9.97 Å². The lowest BCUT2D eigenvalue weighted by atomic mass is 9.92. The minimum atomic E-state index is -0.963. The second-order valence-electron chi connectivity index (χ2n) is 7.61. The number of aromatic nitrogens is 2. The number of hydrogen-bond acceptors (Lipinski definition) is 6. The Balaban J connectivity index is 1.66. The zero-order valence-corrected chi connectivity index (χ0v) is 17.9. The van der Waals surface area contributed by atoms with Gasteiger partial charge in [0.05, 0.1) is 24.3 Å². The summed E-state index contributed by atoms with van der Waals surface area (Å²) in [6.45, 7) is 3.80. The van der Waals surface area contributed by atoms with Gasteiger partial charge >= 0.3 is 0 Å². The molecule has 0 saturated heterocycles. The van der Waals surface area contributed by atoms with Crippen LogP contribution >= 0.6 is 0 Å². The van der Waals surface area contributed by atoms with Crippen molar-refractivity contribution in [3.05, 3.63) is 69.5 Å². The van der Waals surface area contributed by atoms with E-state index in [0.717, 1.165) is 11.1 Å². The Morgan fingerprint density at radius 2 is 1.91 bits per heavy atom. The van der Waals surface area contributed by atoms with Gasteiger partial charge in [-0.25, -0.2) is 0 Å². The molecule has 1 atom stereocenters. The van der Waals surface area contributed by atoms with Crippen molar-refractivity contribution in [2.45, 2.75) is 26.2 Å². The summed E-state index contributed by atoms with van der Waals surface area (Å²) in [6.07, 6.45) is -0.145. The van der Waals surface area contributed by atoms with E-state index in [9.17, 15) is 14.4 Å². The van der Waals surface area contributed by atoms with E-state index < -0.39 is 17.4 Å². The monoisotopic (exact) mass is 433 g/mol. The number of aromatic amines is 1. The smallest absolute Gasteiger partial charge is 0.258 e. The van der Waals surface area contributed by atoms with Crippen LogP contribution in [0.4, 0.5) is 23.1 Å². The van der Waals surface area contributed by atoms with E-state index in [2.05, 4.69) is 25.9 Å². The molecule has 0 fully saturated rings. The van der Waals surface area contributed by atoms with E-state index in [1.54, 1.807) is 18.2 Å². The predicted molar refractivity (Wildman–Crippen MR) is 122 cm³/mol. The van der Waals surface area contributed by atoms with Crippen LogP contribution in [-0.2, 0) is 9.59 Å². The first-order valence-corrected chi connectivity index (χ1v) is 10.1. The lowest BCUT2D eigenvalue weighted by Gasteiger charge is -2.24. The third-order valence-electron chi connectivity index (χ3n) is 5.28. The van der Waals surface area contributed by atoms with Crippen molar-refractivity contribution >= 4 is 35.0 Å². The van der Waals surface area contributed by atoms with E-state index in [4.69, 9.17) is 4.74 Å². The SMILES string of the molecule is COc1ccccc1Nc1nc2c(c(=O)[nH]1)[C@@H](C(=O)Nc1cc(C)ccc1C)CC(=O)N2. The standard InChI is InChI=1S/C23H23N5O4/c1-12-8-9-13(2)16(10-12)24-21(30)14-11-18(29)26-20-19(14)22(31)28-23(27-20)25-15-6-4-5-7-17(15)32-3/h4-10,14H,11H2,1-3H3,(H,24,30)(H3,25,26,27,28,29,31)/t14-/m0/s1. The summed E-state index contributed by atoms with van der Waals surface area (Å²) < 4.78 is 5.30. The van der Waals surface area contributed by atoms with Gasteiger partial charge in [-0.05, 0) is 43.2 Å². The van der Waals surface area contributed by atoms with Gasteiger partial charge in [-0.15, -0.1) is 0 Å². The molecule has 32 heavy (non-hydrogen) atoms. The molecule has 2 aromatic carbocycles. The molecule has 1 aromatic heterocycles. The molecule has 0 bridgehead atoms. The number of hydrogen-bond donors (Lipinski definition) is 4. The number of carbonyl (C=O) groups is 2. The molecule has 1 aliphatic rings. The summed E-state index contributed by atoms with van der Waals surface area (Å²) in [5.41, 5.74) is 2.71. The minimum absolute atomic E-state index is 0.0588. The number of methoxy groups -OCH3 is 1. The molecular weight excluding hydrogens is 410 g/mol. The first-order chi connectivity index (χ1) is 15.4. The fourth-order valence-electron chi connectivity index (χ4n) is 3.62. The van der Waals surface area contributed by atoms with Crippen molar-refractivity contribution in [3.63, 3.8) is 0 Å². The first kappa shape index (κ1) is 21.1. The first-order valence-electron chi connectivity index (χ1n) is 10.1. The van der Waals surface area contributed by atoms with Gasteiger partial charge in [0.25, 0.3) is 5.56 Å². The number of para-hydroxylation sites is 2. The number of nitrogens with zero attached hydrogens (tertiary/aromatic N) is 1. The van der Waals surface area contributed by atoms with E-state index >= 15 is 0 Å². The number of fused-ring (bicyclic) bond motifs is 1. The molecule has 4 N–H and O–H groups in total. The second kappa shape index (κ2) is 8.54. The molecule has 164 valence electrons. The number of aryl methyl sites for hydroxylation is 2. The van der Waals surface area contributed by atoms with E-state index in [0.29, 0.717) is 17.1 Å². The molecule has 1 aliphatic heterocycles. The zero-order valence-electron chi connectivity index (χ0n) is 17.9. The minimum Gasteiger partial charge on any atom is -0.495 e. The van der Waals surface area contributed by atoms with Crippen molar-refractivity contribution in [1.29, 1.82) is 0 Å². The number of H-pyrrole nitrogens is 1. The molecule has 2 amide bonds. The van der Waals surface area contributed by atoms with Crippen molar-refractivity contribution in [3.8, 4) is 5.75 Å². The number of amides is 2. The third-order valence-corrected chi connectivity index (χ3v) is 5.28. The van der Waals surface area contributed by atoms with Gasteiger partial charge in [0.2, 0.25) is 17.8 Å². The van der Waals surface area contributed by atoms with Crippen LogP contribution in [0, 0.1) is 13.8 Å². The average Bonchev–Trinajstić information content (AvgIpc) is 2.75. The normalized spacial score (nSPS) is 14.8. The summed E-state index contributed by atoms with van der Waals surface area (Å²) >= 11 is 0. The van der Waals surface area contributed by atoms with Gasteiger partial charge in [-0.2, -0.15) is 4.98 Å². The zero-order chi connectivity index (χ0) is 22.8. The number of ether oxygens (including phenoxy) is 1. The Morgan fingerprint density at radius 3 is 2.69 bits per heavy atom. The van der Waals surface area contributed by atoms with Crippen molar-refractivity contribution in [2.24, 2.45) is 0 Å². The van der Waals surface area contributed by atoms with Crippen LogP contribution in [0.2, 0.25) is 0 Å². The molecule has 2 heterocycles. The molecule has 0 saturated carbocycles. The Kier molecular flexibility index (Phi) is 5.63. The number of anilines is 4. The van der Waals surface area contributed by atoms with Gasteiger partial charge in [-0.3, -0.25) is 19.4 Å². The van der Waals surface area contributed by atoms with E-state index in [1.807, 2.05) is 38.1 Å². The summed E-state index contributed by atoms with van der Waals surface area (Å²) in [7, 11) is 1.53. The molecule has 9 nitrogen and oxygen atoms in total. The van der Waals surface area contributed by atoms with Crippen molar-refractivity contribution in [2.75, 3.05) is 23.1 Å². The molecule has 4 rings (SSSR count). The van der Waals surface area contributed by atoms with Gasteiger partial charge in [0.1, 0.15) is 11.6 Å². The lowest BCUT2D eigenvalue weighted by Crippen LogP contribution is -2.36. The molecular formula is C23H23N5O4. The average molecular weight is 433 g/mol. The molecule has 0 unspecified atom stereocenters. The van der Waals surface area contributed by atoms with Crippen LogP contribution in [0.1, 0.15) is 29.0 Å². The largest absolute Gasteiger partial charge is 0.495 e. The van der Waals surface area contributed by atoms with Gasteiger partial charge < -0.3 is 20.7 Å². The summed E-state index contributed by atoms with van der Waals surface area (Å²) in [5.74, 6) is -1.05.